The van der Waals surface area contributed by atoms with Gasteiger partial charge in [0.2, 0.25) is 9.84 Å². The Hall–Kier alpha value is -1.21. The van der Waals surface area contributed by atoms with Crippen LogP contribution in [-0.2, 0) is 14.6 Å². The average molecular weight is 331 g/mol. The molecule has 0 radical (unpaired) electrons. The lowest BCUT2D eigenvalue weighted by molar-refractivity contribution is -0.00868. The number of anilines is 1. The number of fused-ring (bicyclic) bond motifs is 1. The van der Waals surface area contributed by atoms with Crippen LogP contribution in [0.2, 0.25) is 0 Å². The van der Waals surface area contributed by atoms with Gasteiger partial charge in [-0.2, -0.15) is 8.78 Å². The largest absolute Gasteiger partial charge is 0.374 e. The van der Waals surface area contributed by atoms with Crippen LogP contribution in [0.5, 0.6) is 0 Å². The fraction of sp³-hybridized carbons (Fsp3) is 0.600. The highest BCUT2D eigenvalue weighted by Crippen LogP contribution is 2.32. The first-order valence-corrected chi connectivity index (χ1v) is 9.05. The summed E-state index contributed by atoms with van der Waals surface area (Å²) in [5, 5.41) is 0. The maximum atomic E-state index is 12.6. The Balaban J connectivity index is 1.83. The first-order valence-electron chi connectivity index (χ1n) is 7.50. The molecule has 2 fully saturated rings. The monoisotopic (exact) mass is 331 g/mol. The van der Waals surface area contributed by atoms with Gasteiger partial charge in [-0.05, 0) is 37.1 Å². The molecule has 22 heavy (non-hydrogen) atoms. The van der Waals surface area contributed by atoms with Gasteiger partial charge in [0.15, 0.2) is 0 Å². The van der Waals surface area contributed by atoms with Crippen molar-refractivity contribution in [3.8, 4) is 0 Å². The molecule has 2 atom stereocenters. The number of nitrogens with zero attached hydrogens (tertiary/aromatic N) is 1. The van der Waals surface area contributed by atoms with Gasteiger partial charge in [-0.15, -0.1) is 0 Å². The molecule has 122 valence electrons. The van der Waals surface area contributed by atoms with E-state index >= 15 is 0 Å². The molecule has 1 heterocycles. The van der Waals surface area contributed by atoms with Crippen LogP contribution in [-0.4, -0.2) is 39.5 Å². The van der Waals surface area contributed by atoms with Gasteiger partial charge in [0.25, 0.3) is 0 Å². The Bertz CT molecular complexity index is 616. The molecule has 0 amide bonds. The number of hydrogen-bond donors (Lipinski definition) is 0. The number of halogens is 2. The third kappa shape index (κ3) is 2.84. The van der Waals surface area contributed by atoms with Crippen LogP contribution >= 0.6 is 0 Å². The number of benzene rings is 1. The summed E-state index contributed by atoms with van der Waals surface area (Å²) >= 11 is 0. The van der Waals surface area contributed by atoms with E-state index in [1.54, 1.807) is 12.1 Å². The van der Waals surface area contributed by atoms with Crippen molar-refractivity contribution >= 4 is 15.5 Å². The van der Waals surface area contributed by atoms with Gasteiger partial charge in [0.05, 0.1) is 23.6 Å². The van der Waals surface area contributed by atoms with Gasteiger partial charge < -0.3 is 9.64 Å². The predicted molar refractivity (Wildman–Crippen MR) is 79.0 cm³/mol. The van der Waals surface area contributed by atoms with Crippen LogP contribution in [0.1, 0.15) is 25.7 Å². The third-order valence-corrected chi connectivity index (χ3v) is 5.86. The molecule has 1 saturated carbocycles. The van der Waals surface area contributed by atoms with E-state index in [9.17, 15) is 17.2 Å². The summed E-state index contributed by atoms with van der Waals surface area (Å²) < 4.78 is 53.9. The number of hydrogen-bond acceptors (Lipinski definition) is 4. The van der Waals surface area contributed by atoms with E-state index in [0.29, 0.717) is 12.6 Å². The summed E-state index contributed by atoms with van der Waals surface area (Å²) in [4.78, 5) is 1.88. The van der Waals surface area contributed by atoms with Crippen LogP contribution < -0.4 is 4.90 Å². The van der Waals surface area contributed by atoms with Gasteiger partial charge in [-0.25, -0.2) is 8.42 Å². The molecule has 7 heteroatoms. The second-order valence-corrected chi connectivity index (χ2v) is 7.67. The zero-order chi connectivity index (χ0) is 15.7. The topological polar surface area (TPSA) is 46.6 Å². The molecule has 0 bridgehead atoms. The molecule has 0 N–H and O–H groups in total. The minimum Gasteiger partial charge on any atom is -0.374 e. The van der Waals surface area contributed by atoms with Crippen molar-refractivity contribution in [2.75, 3.05) is 18.1 Å². The van der Waals surface area contributed by atoms with Gasteiger partial charge in [-0.3, -0.25) is 0 Å². The van der Waals surface area contributed by atoms with E-state index in [4.69, 9.17) is 4.74 Å². The van der Waals surface area contributed by atoms with Crippen LogP contribution in [0.25, 0.3) is 0 Å². The second kappa shape index (κ2) is 6.12. The van der Waals surface area contributed by atoms with Gasteiger partial charge in [-0.1, -0.05) is 12.8 Å². The van der Waals surface area contributed by atoms with Crippen LogP contribution in [0.15, 0.2) is 29.2 Å². The second-order valence-electron chi connectivity index (χ2n) is 5.75. The lowest BCUT2D eigenvalue weighted by atomic mass is 9.90. The molecule has 4 nitrogen and oxygen atoms in total. The predicted octanol–water partition coefficient (Wildman–Crippen LogP) is 2.83. The summed E-state index contributed by atoms with van der Waals surface area (Å²) in [7, 11) is -4.52. The van der Waals surface area contributed by atoms with E-state index in [1.807, 2.05) is 0 Å². The molecule has 2 aliphatic rings. The lowest BCUT2D eigenvalue weighted by Gasteiger charge is -2.45. The van der Waals surface area contributed by atoms with Crippen molar-refractivity contribution in [3.63, 3.8) is 0 Å². The Kier molecular flexibility index (Phi) is 4.36. The van der Waals surface area contributed by atoms with Gasteiger partial charge in [0, 0.05) is 12.2 Å². The van der Waals surface area contributed by atoms with Crippen molar-refractivity contribution in [3.05, 3.63) is 24.3 Å². The quantitative estimate of drug-likeness (QED) is 0.854. The van der Waals surface area contributed by atoms with E-state index in [0.717, 1.165) is 31.5 Å². The van der Waals surface area contributed by atoms with Crippen molar-refractivity contribution in [1.82, 2.24) is 0 Å². The van der Waals surface area contributed by atoms with E-state index in [-0.39, 0.29) is 11.0 Å². The number of sulfone groups is 1. The molecule has 0 spiro atoms. The molecule has 3 rings (SSSR count). The zero-order valence-corrected chi connectivity index (χ0v) is 12.9. The van der Waals surface area contributed by atoms with Crippen LogP contribution in [0.4, 0.5) is 14.5 Å². The Labute approximate surface area is 129 Å². The maximum absolute atomic E-state index is 12.6. The number of alkyl halides is 2. The Morgan fingerprint density at radius 1 is 1.14 bits per heavy atom. The molecule has 1 aromatic carbocycles. The minimum absolute atomic E-state index is 0.215. The van der Waals surface area contributed by atoms with Crippen molar-refractivity contribution in [2.45, 2.75) is 48.5 Å². The zero-order valence-electron chi connectivity index (χ0n) is 12.1. The molecule has 1 aromatic rings. The summed E-state index contributed by atoms with van der Waals surface area (Å²) in [5.74, 6) is -3.38. The Morgan fingerprint density at radius 2 is 1.82 bits per heavy atom. The van der Waals surface area contributed by atoms with Crippen molar-refractivity contribution in [1.29, 1.82) is 0 Å². The normalized spacial score (nSPS) is 26.0. The number of morpholine rings is 1. The highest BCUT2D eigenvalue weighted by atomic mass is 32.2. The number of ether oxygens (including phenoxy) is 1. The smallest absolute Gasteiger partial charge is 0.341 e. The van der Waals surface area contributed by atoms with Gasteiger partial charge >= 0.3 is 5.76 Å². The molecule has 1 aliphatic carbocycles. The van der Waals surface area contributed by atoms with Crippen molar-refractivity contribution in [2.24, 2.45) is 0 Å². The molecule has 1 saturated heterocycles. The summed E-state index contributed by atoms with van der Waals surface area (Å²) in [6.07, 6.45) is 4.62. The number of rotatable bonds is 3. The molecule has 1 aliphatic heterocycles. The first kappa shape index (κ1) is 15.7. The average Bonchev–Trinajstić information content (AvgIpc) is 2.54. The third-order valence-electron chi connectivity index (χ3n) is 4.46. The highest BCUT2D eigenvalue weighted by molar-refractivity contribution is 7.91. The maximum Gasteiger partial charge on any atom is 0.341 e. The molecule has 0 aromatic heterocycles. The van der Waals surface area contributed by atoms with E-state index < -0.39 is 15.6 Å². The highest BCUT2D eigenvalue weighted by Gasteiger charge is 2.34. The molecular formula is C15H19F2NO3S. The van der Waals surface area contributed by atoms with E-state index in [1.165, 1.54) is 18.6 Å². The van der Waals surface area contributed by atoms with Crippen molar-refractivity contribution < 1.29 is 21.9 Å². The Morgan fingerprint density at radius 3 is 2.50 bits per heavy atom. The summed E-state index contributed by atoms with van der Waals surface area (Å²) in [5.41, 5.74) is 0.869. The summed E-state index contributed by atoms with van der Waals surface area (Å²) in [6.45, 7) is 1.38. The van der Waals surface area contributed by atoms with Crippen LogP contribution in [0.3, 0.4) is 0 Å². The SMILES string of the molecule is O=S(=O)(c1ccc(N2CCOC3CCCCC32)cc1)C(F)F. The molecule has 2 unspecified atom stereocenters. The van der Waals surface area contributed by atoms with Gasteiger partial charge in [0.1, 0.15) is 0 Å². The standard InChI is InChI=1S/C15H19F2NO3S/c16-15(17)22(19,20)12-7-5-11(6-8-12)18-9-10-21-14-4-2-1-3-13(14)18/h5-8,13-15H,1-4,9-10H2. The van der Waals surface area contributed by atoms with E-state index in [2.05, 4.69) is 4.90 Å². The lowest BCUT2D eigenvalue weighted by Crippen LogP contribution is -2.52. The molecular weight excluding hydrogens is 312 g/mol. The minimum atomic E-state index is -4.52. The fourth-order valence-corrected chi connectivity index (χ4v) is 4.07. The van der Waals surface area contributed by atoms with Crippen LogP contribution in [0, 0.1) is 0 Å². The fourth-order valence-electron chi connectivity index (χ4n) is 3.35. The summed E-state index contributed by atoms with van der Waals surface area (Å²) in [6, 6.07) is 6.06. The first-order chi connectivity index (χ1) is 10.5.